The van der Waals surface area contributed by atoms with Crippen molar-refractivity contribution in [3.05, 3.63) is 17.3 Å². The lowest BCUT2D eigenvalue weighted by molar-refractivity contribution is -0.206. The van der Waals surface area contributed by atoms with Gasteiger partial charge in [-0.2, -0.15) is 22.5 Å². The van der Waals surface area contributed by atoms with Gasteiger partial charge in [0.15, 0.2) is 0 Å². The molecule has 0 N–H and O–H groups in total. The molecular weight excluding hydrogens is 264 g/mol. The number of aromatic nitrogens is 2. The summed E-state index contributed by atoms with van der Waals surface area (Å²) in [7, 11) is 0. The van der Waals surface area contributed by atoms with E-state index in [-0.39, 0.29) is 36.9 Å². The summed E-state index contributed by atoms with van der Waals surface area (Å²) >= 11 is 0. The molecule has 0 bridgehead atoms. The molecule has 3 nitrogen and oxygen atoms in total. The molecule has 19 heavy (non-hydrogen) atoms. The van der Waals surface area contributed by atoms with Crippen LogP contribution in [0.4, 0.5) is 17.6 Å². The molecular formula is C12H14F4N2O. The summed E-state index contributed by atoms with van der Waals surface area (Å²) in [6, 6.07) is 0. The van der Waals surface area contributed by atoms with Gasteiger partial charge in [-0.15, -0.1) is 0 Å². The molecule has 7 heteroatoms. The van der Waals surface area contributed by atoms with E-state index in [4.69, 9.17) is 4.74 Å². The normalized spacial score (nSPS) is 23.1. The van der Waals surface area contributed by atoms with E-state index in [9.17, 15) is 17.6 Å². The van der Waals surface area contributed by atoms with E-state index in [0.717, 1.165) is 0 Å². The minimum atomic E-state index is -4.14. The van der Waals surface area contributed by atoms with Crippen LogP contribution in [0.5, 0.6) is 5.88 Å². The van der Waals surface area contributed by atoms with Crippen molar-refractivity contribution in [3.8, 4) is 5.88 Å². The van der Waals surface area contributed by atoms with Gasteiger partial charge in [-0.1, -0.05) is 0 Å². The quantitative estimate of drug-likeness (QED) is 0.796. The number of ether oxygens (including phenoxy) is 1. The van der Waals surface area contributed by atoms with Gasteiger partial charge in [0.2, 0.25) is 5.82 Å². The van der Waals surface area contributed by atoms with Crippen LogP contribution in [-0.2, 0) is 0 Å². The molecule has 0 amide bonds. The second kappa shape index (κ2) is 4.94. The number of rotatable bonds is 3. The number of halogens is 4. The van der Waals surface area contributed by atoms with Gasteiger partial charge >= 0.3 is 6.18 Å². The Bertz CT molecular complexity index is 470. The van der Waals surface area contributed by atoms with Gasteiger partial charge in [-0.3, -0.25) is 0 Å². The number of nitrogens with zero attached hydrogens (tertiary/aromatic N) is 2. The van der Waals surface area contributed by atoms with Crippen molar-refractivity contribution in [2.24, 2.45) is 11.8 Å². The van der Waals surface area contributed by atoms with Crippen LogP contribution in [-0.4, -0.2) is 22.8 Å². The van der Waals surface area contributed by atoms with Crippen LogP contribution in [0.2, 0.25) is 0 Å². The zero-order chi connectivity index (χ0) is 14.2. The van der Waals surface area contributed by atoms with Gasteiger partial charge in [-0.05, 0) is 32.6 Å². The van der Waals surface area contributed by atoms with E-state index in [1.807, 2.05) is 0 Å². The fourth-order valence-electron chi connectivity index (χ4n) is 2.10. The van der Waals surface area contributed by atoms with Gasteiger partial charge in [0.1, 0.15) is 5.82 Å². The predicted octanol–water partition coefficient (Wildman–Crippen LogP) is 3.20. The molecule has 2 rings (SSSR count). The van der Waals surface area contributed by atoms with Gasteiger partial charge in [0, 0.05) is 0 Å². The highest BCUT2D eigenvalue weighted by atomic mass is 19.4. The van der Waals surface area contributed by atoms with Crippen LogP contribution >= 0.6 is 0 Å². The van der Waals surface area contributed by atoms with Crippen LogP contribution in [0.15, 0.2) is 0 Å². The zero-order valence-corrected chi connectivity index (χ0v) is 10.6. The molecule has 0 radical (unpaired) electrons. The highest BCUT2D eigenvalue weighted by Crippen LogP contribution is 2.44. The minimum absolute atomic E-state index is 0.0359. The molecule has 1 heterocycles. The fourth-order valence-corrected chi connectivity index (χ4v) is 2.10. The van der Waals surface area contributed by atoms with E-state index >= 15 is 0 Å². The Labute approximate surface area is 108 Å². The number of aryl methyl sites for hydroxylation is 2. The maximum absolute atomic E-state index is 13.6. The molecule has 1 aromatic heterocycles. The lowest BCUT2D eigenvalue weighted by Crippen LogP contribution is -2.38. The Morgan fingerprint density at radius 2 is 1.84 bits per heavy atom. The summed E-state index contributed by atoms with van der Waals surface area (Å²) in [5.41, 5.74) is 0.171. The number of hydrogen-bond donors (Lipinski definition) is 0. The number of hydrogen-bond acceptors (Lipinski definition) is 3. The molecule has 0 saturated heterocycles. The number of alkyl halides is 3. The highest BCUT2D eigenvalue weighted by Gasteiger charge is 2.47. The first kappa shape index (κ1) is 14.0. The lowest BCUT2D eigenvalue weighted by atomic mass is 9.75. The third kappa shape index (κ3) is 3.13. The van der Waals surface area contributed by atoms with E-state index in [2.05, 4.69) is 9.97 Å². The molecule has 1 fully saturated rings. The summed E-state index contributed by atoms with van der Waals surface area (Å²) in [6.45, 7) is 3.14. The first-order valence-electron chi connectivity index (χ1n) is 5.97. The topological polar surface area (TPSA) is 35.0 Å². The smallest absolute Gasteiger partial charge is 0.391 e. The van der Waals surface area contributed by atoms with E-state index < -0.39 is 17.9 Å². The summed E-state index contributed by atoms with van der Waals surface area (Å²) in [5, 5.41) is 0. The Hall–Kier alpha value is -1.40. The van der Waals surface area contributed by atoms with Crippen LogP contribution in [0.25, 0.3) is 0 Å². The largest absolute Gasteiger partial charge is 0.475 e. The van der Waals surface area contributed by atoms with Crippen molar-refractivity contribution >= 4 is 0 Å². The molecule has 0 unspecified atom stereocenters. The molecule has 106 valence electrons. The molecule has 0 aromatic carbocycles. The Kier molecular flexibility index (Phi) is 3.64. The standard InChI is InChI=1S/C12H14F4N2O/c1-6-10(13)11(18-7(2)17-6)19-5-8-3-9(4-8)12(14,15)16/h8-9H,3-5H2,1-2H3. The minimum Gasteiger partial charge on any atom is -0.475 e. The average Bonchev–Trinajstić information content (AvgIpc) is 2.20. The third-order valence-electron chi connectivity index (χ3n) is 3.25. The molecule has 1 aromatic rings. The second-order valence-corrected chi connectivity index (χ2v) is 4.86. The summed E-state index contributed by atoms with van der Waals surface area (Å²) < 4.78 is 55.6. The summed E-state index contributed by atoms with van der Waals surface area (Å²) in [5.74, 6) is -1.91. The van der Waals surface area contributed by atoms with Gasteiger partial charge < -0.3 is 4.74 Å². The van der Waals surface area contributed by atoms with Crippen LogP contribution < -0.4 is 4.74 Å². The van der Waals surface area contributed by atoms with Crippen LogP contribution in [0.3, 0.4) is 0 Å². The summed E-state index contributed by atoms with van der Waals surface area (Å²) in [6.07, 6.45) is -4.06. The molecule has 0 aliphatic heterocycles. The Morgan fingerprint density at radius 3 is 2.42 bits per heavy atom. The molecule has 0 atom stereocenters. The van der Waals surface area contributed by atoms with Crippen molar-refractivity contribution in [2.45, 2.75) is 32.9 Å². The van der Waals surface area contributed by atoms with Crippen molar-refractivity contribution in [1.29, 1.82) is 0 Å². The van der Waals surface area contributed by atoms with Crippen LogP contribution in [0, 0.1) is 31.5 Å². The van der Waals surface area contributed by atoms with Crippen molar-refractivity contribution < 1.29 is 22.3 Å². The first-order valence-corrected chi connectivity index (χ1v) is 5.97. The second-order valence-electron chi connectivity index (χ2n) is 4.86. The van der Waals surface area contributed by atoms with Crippen molar-refractivity contribution in [1.82, 2.24) is 9.97 Å². The average molecular weight is 278 g/mol. The fraction of sp³-hybridized carbons (Fsp3) is 0.667. The zero-order valence-electron chi connectivity index (χ0n) is 10.6. The monoisotopic (exact) mass is 278 g/mol. The molecule has 0 spiro atoms. The Morgan fingerprint density at radius 1 is 1.21 bits per heavy atom. The summed E-state index contributed by atoms with van der Waals surface area (Å²) in [4.78, 5) is 7.63. The Balaban J connectivity index is 1.88. The van der Waals surface area contributed by atoms with Crippen molar-refractivity contribution in [3.63, 3.8) is 0 Å². The van der Waals surface area contributed by atoms with Gasteiger partial charge in [-0.25, -0.2) is 4.98 Å². The third-order valence-corrected chi connectivity index (χ3v) is 3.25. The van der Waals surface area contributed by atoms with E-state index in [0.29, 0.717) is 5.82 Å². The van der Waals surface area contributed by atoms with E-state index in [1.165, 1.54) is 6.92 Å². The maximum atomic E-state index is 13.6. The van der Waals surface area contributed by atoms with Crippen molar-refractivity contribution in [2.75, 3.05) is 6.61 Å². The predicted molar refractivity (Wildman–Crippen MR) is 59.2 cm³/mol. The van der Waals surface area contributed by atoms with E-state index in [1.54, 1.807) is 6.92 Å². The molecule has 1 aliphatic rings. The SMILES string of the molecule is Cc1nc(C)c(F)c(OCC2CC(C(F)(F)F)C2)n1. The van der Waals surface area contributed by atoms with Crippen LogP contribution in [0.1, 0.15) is 24.4 Å². The van der Waals surface area contributed by atoms with Gasteiger partial charge in [0.05, 0.1) is 18.2 Å². The first-order chi connectivity index (χ1) is 8.77. The lowest BCUT2D eigenvalue weighted by Gasteiger charge is -2.36. The molecule has 1 saturated carbocycles. The maximum Gasteiger partial charge on any atom is 0.391 e. The van der Waals surface area contributed by atoms with Gasteiger partial charge in [0.25, 0.3) is 5.88 Å². The molecule has 1 aliphatic carbocycles. The highest BCUT2D eigenvalue weighted by molar-refractivity contribution is 5.18.